The first kappa shape index (κ1) is 20.5. The van der Waals surface area contributed by atoms with E-state index in [0.29, 0.717) is 11.5 Å². The monoisotopic (exact) mass is 406 g/mol. The van der Waals surface area contributed by atoms with E-state index >= 15 is 0 Å². The number of aryl methyl sites for hydroxylation is 2. The van der Waals surface area contributed by atoms with Gasteiger partial charge in [-0.15, -0.1) is 24.8 Å². The maximum Gasteiger partial charge on any atom is 0.125 e. The summed E-state index contributed by atoms with van der Waals surface area (Å²) in [6.07, 6.45) is 7.04. The summed E-state index contributed by atoms with van der Waals surface area (Å²) in [5.41, 5.74) is 5.95. The van der Waals surface area contributed by atoms with E-state index in [2.05, 4.69) is 38.4 Å². The van der Waals surface area contributed by atoms with Gasteiger partial charge < -0.3 is 5.32 Å². The first-order valence-corrected chi connectivity index (χ1v) is 9.60. The number of benzene rings is 1. The lowest BCUT2D eigenvalue weighted by molar-refractivity contribution is -0.0512. The summed E-state index contributed by atoms with van der Waals surface area (Å²) >= 11 is 0. The van der Waals surface area contributed by atoms with Gasteiger partial charge in [0.05, 0.1) is 5.69 Å². The van der Waals surface area contributed by atoms with Gasteiger partial charge in [-0.2, -0.15) is 0 Å². The van der Waals surface area contributed by atoms with Gasteiger partial charge in [0.15, 0.2) is 0 Å². The van der Waals surface area contributed by atoms with Crippen LogP contribution in [0.5, 0.6) is 0 Å². The van der Waals surface area contributed by atoms with Gasteiger partial charge in [0.2, 0.25) is 0 Å². The van der Waals surface area contributed by atoms with Gasteiger partial charge in [-0.3, -0.25) is 4.90 Å². The molecule has 1 aromatic carbocycles. The van der Waals surface area contributed by atoms with Gasteiger partial charge in [-0.1, -0.05) is 12.1 Å². The molecular weight excluding hydrogens is 379 g/mol. The first-order chi connectivity index (χ1) is 12.2. The molecule has 1 atom stereocenters. The number of hydrogen-bond acceptors (Lipinski definition) is 4. The van der Waals surface area contributed by atoms with Gasteiger partial charge in [0.25, 0.3) is 0 Å². The van der Waals surface area contributed by atoms with Gasteiger partial charge in [0, 0.05) is 30.9 Å². The highest BCUT2D eigenvalue weighted by molar-refractivity contribution is 5.85. The molecule has 5 rings (SSSR count). The standard InChI is InChI=1S/C21H26N4.2ClH/c1-15-23-9-6-19(24-15)17-2-4-18-16(12-17)3-5-20(18)25-13-21(14-25)7-10-22-11-8-21;;/h2,4,6,9,12,20,22H,3,5,7-8,10-11,13-14H2,1H3;2*1H/t20-;;/m1../s1. The lowest BCUT2D eigenvalue weighted by atomic mass is 9.71. The molecule has 1 spiro atoms. The van der Waals surface area contributed by atoms with Crippen LogP contribution in [-0.4, -0.2) is 41.0 Å². The Kier molecular flexibility index (Phi) is 6.11. The molecule has 0 amide bonds. The summed E-state index contributed by atoms with van der Waals surface area (Å²) in [6, 6.07) is 9.61. The average Bonchev–Trinajstić information content (AvgIpc) is 3.03. The molecule has 146 valence electrons. The second kappa shape index (κ2) is 8.04. The smallest absolute Gasteiger partial charge is 0.125 e. The normalized spacial score (nSPS) is 23.1. The molecule has 6 heteroatoms. The number of halogens is 2. The zero-order valence-electron chi connectivity index (χ0n) is 15.8. The lowest BCUT2D eigenvalue weighted by Gasteiger charge is -2.55. The molecule has 2 aliphatic heterocycles. The molecule has 2 aromatic rings. The van der Waals surface area contributed by atoms with Crippen molar-refractivity contribution in [2.24, 2.45) is 5.41 Å². The molecule has 2 saturated heterocycles. The van der Waals surface area contributed by atoms with Crippen molar-refractivity contribution in [3.8, 4) is 11.3 Å². The Balaban J connectivity index is 0.00000105. The van der Waals surface area contributed by atoms with Crippen molar-refractivity contribution in [3.05, 3.63) is 47.4 Å². The topological polar surface area (TPSA) is 41.1 Å². The van der Waals surface area contributed by atoms with E-state index in [4.69, 9.17) is 0 Å². The fourth-order valence-electron chi connectivity index (χ4n) is 5.06. The molecule has 1 aromatic heterocycles. The minimum atomic E-state index is 0. The number of aromatic nitrogens is 2. The summed E-state index contributed by atoms with van der Waals surface area (Å²) in [4.78, 5) is 11.5. The number of piperidine rings is 1. The molecule has 0 saturated carbocycles. The third-order valence-electron chi connectivity index (χ3n) is 6.44. The third kappa shape index (κ3) is 3.73. The summed E-state index contributed by atoms with van der Waals surface area (Å²) in [6.45, 7) is 6.96. The van der Waals surface area contributed by atoms with Gasteiger partial charge in [-0.25, -0.2) is 9.97 Å². The largest absolute Gasteiger partial charge is 0.317 e. The van der Waals surface area contributed by atoms with E-state index < -0.39 is 0 Å². The van der Waals surface area contributed by atoms with Crippen LogP contribution in [0.15, 0.2) is 30.5 Å². The zero-order valence-corrected chi connectivity index (χ0v) is 17.4. The fourth-order valence-corrected chi connectivity index (χ4v) is 5.06. The Morgan fingerprint density at radius 2 is 1.89 bits per heavy atom. The number of likely N-dealkylation sites (tertiary alicyclic amines) is 1. The van der Waals surface area contributed by atoms with Crippen LogP contribution in [0.4, 0.5) is 0 Å². The molecule has 2 fully saturated rings. The Morgan fingerprint density at radius 3 is 2.63 bits per heavy atom. The maximum atomic E-state index is 4.58. The third-order valence-corrected chi connectivity index (χ3v) is 6.44. The molecule has 0 bridgehead atoms. The molecule has 3 heterocycles. The Bertz CT molecular complexity index is 797. The van der Waals surface area contributed by atoms with E-state index in [9.17, 15) is 0 Å². The number of hydrogen-bond donors (Lipinski definition) is 1. The number of rotatable bonds is 2. The maximum absolute atomic E-state index is 4.58. The van der Waals surface area contributed by atoms with Crippen molar-refractivity contribution in [1.29, 1.82) is 0 Å². The predicted octanol–water partition coefficient (Wildman–Crippen LogP) is 3.97. The van der Waals surface area contributed by atoms with E-state index in [1.807, 2.05) is 19.2 Å². The molecule has 27 heavy (non-hydrogen) atoms. The fraction of sp³-hybridized carbons (Fsp3) is 0.524. The Hall–Kier alpha value is -1.20. The van der Waals surface area contributed by atoms with E-state index in [1.54, 1.807) is 5.56 Å². The summed E-state index contributed by atoms with van der Waals surface area (Å²) in [7, 11) is 0. The zero-order chi connectivity index (χ0) is 16.9. The van der Waals surface area contributed by atoms with Crippen molar-refractivity contribution in [2.75, 3.05) is 26.2 Å². The highest BCUT2D eigenvalue weighted by Crippen LogP contribution is 2.47. The summed E-state index contributed by atoms with van der Waals surface area (Å²) in [5, 5.41) is 3.50. The van der Waals surface area contributed by atoms with Crippen LogP contribution >= 0.6 is 24.8 Å². The molecule has 1 aliphatic carbocycles. The number of nitrogens with zero attached hydrogens (tertiary/aromatic N) is 3. The van der Waals surface area contributed by atoms with Crippen molar-refractivity contribution in [2.45, 2.75) is 38.6 Å². The van der Waals surface area contributed by atoms with Crippen LogP contribution in [0.2, 0.25) is 0 Å². The molecule has 4 nitrogen and oxygen atoms in total. The molecule has 0 radical (unpaired) electrons. The number of fused-ring (bicyclic) bond motifs is 1. The second-order valence-electron chi connectivity index (χ2n) is 8.11. The van der Waals surface area contributed by atoms with E-state index in [1.165, 1.54) is 63.0 Å². The van der Waals surface area contributed by atoms with Crippen molar-refractivity contribution >= 4 is 24.8 Å². The predicted molar refractivity (Wildman–Crippen MR) is 114 cm³/mol. The quantitative estimate of drug-likeness (QED) is 0.818. The van der Waals surface area contributed by atoms with Crippen LogP contribution in [0.1, 0.15) is 42.3 Å². The van der Waals surface area contributed by atoms with Crippen LogP contribution < -0.4 is 5.32 Å². The highest BCUT2D eigenvalue weighted by atomic mass is 35.5. The first-order valence-electron chi connectivity index (χ1n) is 9.60. The Morgan fingerprint density at radius 1 is 1.11 bits per heavy atom. The van der Waals surface area contributed by atoms with E-state index in [0.717, 1.165) is 11.5 Å². The van der Waals surface area contributed by atoms with Gasteiger partial charge >= 0.3 is 0 Å². The van der Waals surface area contributed by atoms with Crippen molar-refractivity contribution in [1.82, 2.24) is 20.2 Å². The van der Waals surface area contributed by atoms with Crippen molar-refractivity contribution in [3.63, 3.8) is 0 Å². The minimum absolute atomic E-state index is 0. The second-order valence-corrected chi connectivity index (χ2v) is 8.11. The lowest BCUT2D eigenvalue weighted by Crippen LogP contribution is -2.60. The van der Waals surface area contributed by atoms with Crippen LogP contribution in [0.3, 0.4) is 0 Å². The van der Waals surface area contributed by atoms with Crippen molar-refractivity contribution < 1.29 is 0 Å². The molecule has 3 aliphatic rings. The Labute approximate surface area is 174 Å². The van der Waals surface area contributed by atoms with Gasteiger partial charge in [0.1, 0.15) is 5.82 Å². The van der Waals surface area contributed by atoms with E-state index in [-0.39, 0.29) is 24.8 Å². The number of nitrogens with one attached hydrogen (secondary N) is 1. The molecular formula is C21H28Cl2N4. The highest BCUT2D eigenvalue weighted by Gasteiger charge is 2.46. The SMILES string of the molecule is Cc1nccc(-c2ccc3c(c2)CC[C@H]3N2CC3(CCNCC3)C2)n1.Cl.Cl. The van der Waals surface area contributed by atoms with Crippen LogP contribution in [0, 0.1) is 12.3 Å². The average molecular weight is 407 g/mol. The van der Waals surface area contributed by atoms with Crippen LogP contribution in [0.25, 0.3) is 11.3 Å². The molecule has 1 N–H and O–H groups in total. The molecule has 0 unspecified atom stereocenters. The minimum Gasteiger partial charge on any atom is -0.317 e. The summed E-state index contributed by atoms with van der Waals surface area (Å²) < 4.78 is 0. The van der Waals surface area contributed by atoms with Crippen LogP contribution in [-0.2, 0) is 6.42 Å². The van der Waals surface area contributed by atoms with Gasteiger partial charge in [-0.05, 0) is 74.4 Å². The summed E-state index contributed by atoms with van der Waals surface area (Å²) in [5.74, 6) is 0.837.